The molecule has 1 heterocycles. The van der Waals surface area contributed by atoms with E-state index >= 15 is 0 Å². The number of unbranched alkanes of at least 4 members (excludes halogenated alkanes) is 1. The molecule has 2 amide bonds. The van der Waals surface area contributed by atoms with Gasteiger partial charge in [-0.2, -0.15) is 0 Å². The van der Waals surface area contributed by atoms with Gasteiger partial charge in [0.05, 0.1) is 5.75 Å². The summed E-state index contributed by atoms with van der Waals surface area (Å²) in [4.78, 5) is 27.8. The van der Waals surface area contributed by atoms with Crippen molar-refractivity contribution in [3.05, 3.63) is 94.5 Å². The number of aryl methyl sites for hydroxylation is 3. The molecule has 1 unspecified atom stereocenters. The van der Waals surface area contributed by atoms with Crippen molar-refractivity contribution >= 4 is 35.0 Å². The molecule has 4 rings (SSSR count). The second kappa shape index (κ2) is 10.3. The van der Waals surface area contributed by atoms with Crippen molar-refractivity contribution in [3.8, 4) is 0 Å². The minimum Gasteiger partial charge on any atom is -0.322 e. The highest BCUT2D eigenvalue weighted by molar-refractivity contribution is 8.00. The van der Waals surface area contributed by atoms with Gasteiger partial charge >= 0.3 is 0 Å². The number of amides is 2. The van der Waals surface area contributed by atoms with E-state index in [0.29, 0.717) is 11.3 Å². The van der Waals surface area contributed by atoms with Gasteiger partial charge in [0.15, 0.2) is 0 Å². The van der Waals surface area contributed by atoms with Crippen molar-refractivity contribution in [2.75, 3.05) is 16.0 Å². The number of benzene rings is 3. The maximum atomic E-state index is 13.0. The van der Waals surface area contributed by atoms with Crippen LogP contribution in [0.3, 0.4) is 0 Å². The number of carbonyl (C=O) groups is 2. The first-order valence-corrected chi connectivity index (χ1v) is 12.5. The van der Waals surface area contributed by atoms with Crippen molar-refractivity contribution in [2.45, 2.75) is 45.4 Å². The monoisotopic (exact) mass is 458 g/mol. The summed E-state index contributed by atoms with van der Waals surface area (Å²) in [5.41, 5.74) is 6.70. The van der Waals surface area contributed by atoms with Crippen LogP contribution in [0, 0.1) is 13.8 Å². The SMILES string of the molecule is CCCCc1ccc(C(=O)Nc2ccccc2C2SCC(=O)N2c2ccc(C)cc2C)cc1. The van der Waals surface area contributed by atoms with Gasteiger partial charge in [0.2, 0.25) is 5.91 Å². The van der Waals surface area contributed by atoms with Crippen LogP contribution in [0.25, 0.3) is 0 Å². The summed E-state index contributed by atoms with van der Waals surface area (Å²) in [6.45, 7) is 6.26. The first kappa shape index (κ1) is 23.1. The highest BCUT2D eigenvalue weighted by Gasteiger charge is 2.36. The molecule has 4 nitrogen and oxygen atoms in total. The van der Waals surface area contributed by atoms with Crippen LogP contribution in [0.15, 0.2) is 66.7 Å². The van der Waals surface area contributed by atoms with Gasteiger partial charge in [0, 0.05) is 22.5 Å². The van der Waals surface area contributed by atoms with Crippen LogP contribution in [0.5, 0.6) is 0 Å². The zero-order valence-electron chi connectivity index (χ0n) is 19.4. The minimum absolute atomic E-state index is 0.0840. The van der Waals surface area contributed by atoms with Gasteiger partial charge in [0.25, 0.3) is 5.91 Å². The van der Waals surface area contributed by atoms with Gasteiger partial charge in [-0.1, -0.05) is 61.4 Å². The average molecular weight is 459 g/mol. The van der Waals surface area contributed by atoms with Gasteiger partial charge < -0.3 is 5.32 Å². The lowest BCUT2D eigenvalue weighted by molar-refractivity contribution is -0.115. The van der Waals surface area contributed by atoms with Crippen LogP contribution in [0.1, 0.15) is 57.8 Å². The zero-order valence-corrected chi connectivity index (χ0v) is 20.2. The second-order valence-corrected chi connectivity index (χ2v) is 9.63. The number of nitrogens with zero attached hydrogens (tertiary/aromatic N) is 1. The molecule has 3 aromatic carbocycles. The third-order valence-corrected chi connectivity index (χ3v) is 7.18. The minimum atomic E-state index is -0.188. The summed E-state index contributed by atoms with van der Waals surface area (Å²) in [5, 5.41) is 2.90. The van der Waals surface area contributed by atoms with E-state index in [9.17, 15) is 9.59 Å². The quantitative estimate of drug-likeness (QED) is 0.430. The Morgan fingerprint density at radius 2 is 1.82 bits per heavy atom. The summed E-state index contributed by atoms with van der Waals surface area (Å²) >= 11 is 1.59. The molecule has 0 aliphatic carbocycles. The Hall–Kier alpha value is -3.05. The van der Waals surface area contributed by atoms with Crippen LogP contribution in [0.2, 0.25) is 0 Å². The lowest BCUT2D eigenvalue weighted by atomic mass is 10.1. The number of anilines is 2. The van der Waals surface area contributed by atoms with E-state index in [-0.39, 0.29) is 17.2 Å². The number of rotatable bonds is 7. The molecule has 0 aromatic heterocycles. The maximum absolute atomic E-state index is 13.0. The Morgan fingerprint density at radius 1 is 1.06 bits per heavy atom. The molecule has 33 heavy (non-hydrogen) atoms. The Bertz CT molecular complexity index is 1160. The van der Waals surface area contributed by atoms with Gasteiger partial charge in [-0.25, -0.2) is 0 Å². The lowest BCUT2D eigenvalue weighted by Gasteiger charge is -2.27. The molecule has 1 aliphatic heterocycles. The molecule has 1 N–H and O–H groups in total. The standard InChI is InChI=1S/C28H30N2O2S/c1-4-5-8-21-12-14-22(15-13-21)27(32)29-24-10-7-6-9-23(24)28-30(26(31)18-33-28)25-16-11-19(2)17-20(25)3/h6-7,9-17,28H,4-5,8,18H2,1-3H3,(H,29,32). The van der Waals surface area contributed by atoms with Gasteiger partial charge in [0.1, 0.15) is 5.37 Å². The number of para-hydroxylation sites is 1. The Kier molecular flexibility index (Phi) is 7.19. The van der Waals surface area contributed by atoms with Crippen LogP contribution in [-0.4, -0.2) is 17.6 Å². The van der Waals surface area contributed by atoms with E-state index in [1.807, 2.05) is 72.5 Å². The largest absolute Gasteiger partial charge is 0.322 e. The molecule has 1 atom stereocenters. The Labute approximate surface area is 200 Å². The summed E-state index contributed by atoms with van der Waals surface area (Å²) in [6, 6.07) is 21.8. The number of thioether (sulfide) groups is 1. The fourth-order valence-electron chi connectivity index (χ4n) is 4.21. The van der Waals surface area contributed by atoms with E-state index < -0.39 is 0 Å². The Morgan fingerprint density at radius 3 is 2.55 bits per heavy atom. The van der Waals surface area contributed by atoms with Crippen LogP contribution in [-0.2, 0) is 11.2 Å². The number of hydrogen-bond donors (Lipinski definition) is 1. The molecule has 0 radical (unpaired) electrons. The number of hydrogen-bond acceptors (Lipinski definition) is 3. The smallest absolute Gasteiger partial charge is 0.255 e. The van der Waals surface area contributed by atoms with Crippen LogP contribution in [0.4, 0.5) is 11.4 Å². The Balaban J connectivity index is 1.59. The first-order chi connectivity index (χ1) is 16.0. The van der Waals surface area contributed by atoms with E-state index in [2.05, 4.69) is 25.2 Å². The lowest BCUT2D eigenvalue weighted by Crippen LogP contribution is -2.29. The molecule has 0 bridgehead atoms. The van der Waals surface area contributed by atoms with Crippen molar-refractivity contribution in [3.63, 3.8) is 0 Å². The van der Waals surface area contributed by atoms with Crippen LogP contribution < -0.4 is 10.2 Å². The normalized spacial score (nSPS) is 15.7. The third kappa shape index (κ3) is 5.14. The van der Waals surface area contributed by atoms with E-state index in [1.54, 1.807) is 11.8 Å². The third-order valence-electron chi connectivity index (χ3n) is 5.99. The summed E-state index contributed by atoms with van der Waals surface area (Å²) in [5.74, 6) is 0.358. The van der Waals surface area contributed by atoms with Crippen molar-refractivity contribution < 1.29 is 9.59 Å². The maximum Gasteiger partial charge on any atom is 0.255 e. The molecule has 170 valence electrons. The fraction of sp³-hybridized carbons (Fsp3) is 0.286. The fourth-order valence-corrected chi connectivity index (χ4v) is 5.42. The summed E-state index contributed by atoms with van der Waals surface area (Å²) in [6.07, 6.45) is 3.33. The molecular formula is C28H30N2O2S. The zero-order chi connectivity index (χ0) is 23.4. The van der Waals surface area contributed by atoms with Crippen molar-refractivity contribution in [1.29, 1.82) is 0 Å². The molecule has 0 saturated carbocycles. The van der Waals surface area contributed by atoms with Gasteiger partial charge in [-0.3, -0.25) is 14.5 Å². The topological polar surface area (TPSA) is 49.4 Å². The highest BCUT2D eigenvalue weighted by atomic mass is 32.2. The van der Waals surface area contributed by atoms with Gasteiger partial charge in [-0.05, 0) is 62.1 Å². The predicted molar refractivity (Wildman–Crippen MR) is 138 cm³/mol. The molecule has 1 fully saturated rings. The average Bonchev–Trinajstić information content (AvgIpc) is 3.19. The molecule has 1 aliphatic rings. The molecule has 0 spiro atoms. The van der Waals surface area contributed by atoms with Crippen molar-refractivity contribution in [1.82, 2.24) is 0 Å². The molecule has 1 saturated heterocycles. The number of carbonyl (C=O) groups excluding carboxylic acids is 2. The van der Waals surface area contributed by atoms with Crippen LogP contribution >= 0.6 is 11.8 Å². The van der Waals surface area contributed by atoms with E-state index in [4.69, 9.17) is 0 Å². The molecular weight excluding hydrogens is 428 g/mol. The van der Waals surface area contributed by atoms with E-state index in [0.717, 1.165) is 41.8 Å². The number of nitrogens with one attached hydrogen (secondary N) is 1. The second-order valence-electron chi connectivity index (χ2n) is 8.56. The summed E-state index contributed by atoms with van der Waals surface area (Å²) in [7, 11) is 0. The summed E-state index contributed by atoms with van der Waals surface area (Å²) < 4.78 is 0. The highest BCUT2D eigenvalue weighted by Crippen LogP contribution is 2.45. The molecule has 5 heteroatoms. The predicted octanol–water partition coefficient (Wildman–Crippen LogP) is 6.68. The first-order valence-electron chi connectivity index (χ1n) is 11.5. The molecule has 3 aromatic rings. The van der Waals surface area contributed by atoms with Gasteiger partial charge in [-0.15, -0.1) is 11.8 Å². The van der Waals surface area contributed by atoms with E-state index in [1.165, 1.54) is 11.1 Å². The van der Waals surface area contributed by atoms with Crippen molar-refractivity contribution in [2.24, 2.45) is 0 Å².